The number of hydrogen-bond donors (Lipinski definition) is 2. The molecule has 0 saturated carbocycles. The van der Waals surface area contributed by atoms with Gasteiger partial charge in [-0.05, 0) is 47.7 Å². The maximum atomic E-state index is 11.7. The molecule has 3 nitrogen and oxygen atoms in total. The summed E-state index contributed by atoms with van der Waals surface area (Å²) in [6, 6.07) is 11.1. The fourth-order valence-corrected chi connectivity index (χ4v) is 4.21. The van der Waals surface area contributed by atoms with Crippen molar-refractivity contribution in [2.24, 2.45) is 5.92 Å². The van der Waals surface area contributed by atoms with E-state index in [1.165, 1.54) is 0 Å². The Bertz CT molecular complexity index is 845. The molecule has 0 spiro atoms. The van der Waals surface area contributed by atoms with Crippen LogP contribution in [-0.4, -0.2) is 11.1 Å². The van der Waals surface area contributed by atoms with Gasteiger partial charge in [0.2, 0.25) is 0 Å². The van der Waals surface area contributed by atoms with Crippen molar-refractivity contribution >= 4 is 34.9 Å². The van der Waals surface area contributed by atoms with Crippen LogP contribution in [0.25, 0.3) is 0 Å². The molecule has 2 aromatic rings. The average molecular weight is 360 g/mol. The molecule has 1 aliphatic carbocycles. The molecule has 5 heteroatoms. The Balaban J connectivity index is 1.86. The summed E-state index contributed by atoms with van der Waals surface area (Å²) >= 11 is 12.4. The molecule has 0 amide bonds. The Morgan fingerprint density at radius 1 is 1.12 bits per heavy atom. The third kappa shape index (κ3) is 2.40. The van der Waals surface area contributed by atoms with Crippen LogP contribution in [0.5, 0.6) is 0 Å². The molecule has 0 aromatic heterocycles. The van der Waals surface area contributed by atoms with E-state index < -0.39 is 5.97 Å². The van der Waals surface area contributed by atoms with E-state index in [1.54, 1.807) is 12.1 Å². The van der Waals surface area contributed by atoms with Gasteiger partial charge in [0.1, 0.15) is 0 Å². The number of hydrogen-bond acceptors (Lipinski definition) is 2. The second-order valence-electron chi connectivity index (χ2n) is 6.22. The van der Waals surface area contributed by atoms with Crippen LogP contribution in [0.4, 0.5) is 5.69 Å². The summed E-state index contributed by atoms with van der Waals surface area (Å²) in [6.07, 6.45) is 5.13. The third-order valence-electron chi connectivity index (χ3n) is 4.93. The van der Waals surface area contributed by atoms with Crippen molar-refractivity contribution in [2.75, 3.05) is 5.32 Å². The lowest BCUT2D eigenvalue weighted by molar-refractivity contribution is 0.0695. The van der Waals surface area contributed by atoms with E-state index in [9.17, 15) is 9.90 Å². The van der Waals surface area contributed by atoms with E-state index >= 15 is 0 Å². The summed E-state index contributed by atoms with van der Waals surface area (Å²) in [4.78, 5) is 11.7. The average Bonchev–Trinajstić information content (AvgIpc) is 3.05. The van der Waals surface area contributed by atoms with Crippen LogP contribution in [0.2, 0.25) is 10.0 Å². The number of aromatic carboxylic acids is 1. The largest absolute Gasteiger partial charge is 0.478 e. The van der Waals surface area contributed by atoms with Gasteiger partial charge in [-0.2, -0.15) is 0 Å². The molecule has 0 fully saturated rings. The lowest BCUT2D eigenvalue weighted by Crippen LogP contribution is -2.30. The number of benzene rings is 2. The Morgan fingerprint density at radius 3 is 2.58 bits per heavy atom. The summed E-state index contributed by atoms with van der Waals surface area (Å²) in [5.41, 5.74) is 2.96. The number of anilines is 1. The van der Waals surface area contributed by atoms with E-state index in [2.05, 4.69) is 17.5 Å². The number of rotatable bonds is 2. The van der Waals surface area contributed by atoms with Gasteiger partial charge in [0.05, 0.1) is 22.3 Å². The quantitative estimate of drug-likeness (QED) is 0.694. The van der Waals surface area contributed by atoms with Gasteiger partial charge in [-0.15, -0.1) is 0 Å². The third-order valence-corrected chi connectivity index (χ3v) is 5.50. The van der Waals surface area contributed by atoms with Gasteiger partial charge in [-0.1, -0.05) is 47.5 Å². The van der Waals surface area contributed by atoms with Gasteiger partial charge in [-0.25, -0.2) is 4.79 Å². The molecular formula is C19H15Cl2NO2. The van der Waals surface area contributed by atoms with Crippen LogP contribution in [-0.2, 0) is 0 Å². The van der Waals surface area contributed by atoms with Crippen molar-refractivity contribution in [3.8, 4) is 0 Å². The number of fused-ring (bicyclic) bond motifs is 3. The lowest BCUT2D eigenvalue weighted by atomic mass is 9.75. The van der Waals surface area contributed by atoms with E-state index in [-0.39, 0.29) is 17.9 Å². The van der Waals surface area contributed by atoms with E-state index in [0.717, 1.165) is 23.2 Å². The highest BCUT2D eigenvalue weighted by Gasteiger charge is 2.40. The molecule has 0 radical (unpaired) electrons. The van der Waals surface area contributed by atoms with Crippen molar-refractivity contribution < 1.29 is 9.90 Å². The standard InChI is InChI=1S/C19H15Cl2NO2/c20-11-6-4-10(5-7-11)17-13-3-1-2-12(13)16-14(19(23)24)8-9-15(21)18(16)22-17/h1-2,4-9,12-13,17,22H,3H2,(H,23,24)/t12-,13-,17+/m1/s1. The first-order valence-electron chi connectivity index (χ1n) is 7.80. The minimum atomic E-state index is -0.922. The van der Waals surface area contributed by atoms with Gasteiger partial charge in [0.25, 0.3) is 0 Å². The highest BCUT2D eigenvalue weighted by atomic mass is 35.5. The van der Waals surface area contributed by atoms with Crippen molar-refractivity contribution in [3.05, 3.63) is 75.3 Å². The lowest BCUT2D eigenvalue weighted by Gasteiger charge is -2.38. The maximum absolute atomic E-state index is 11.7. The van der Waals surface area contributed by atoms with Crippen molar-refractivity contribution in [1.82, 2.24) is 0 Å². The smallest absolute Gasteiger partial charge is 0.336 e. The van der Waals surface area contributed by atoms with E-state index in [4.69, 9.17) is 23.2 Å². The van der Waals surface area contributed by atoms with Gasteiger partial charge in [0, 0.05) is 10.9 Å². The highest BCUT2D eigenvalue weighted by molar-refractivity contribution is 6.33. The predicted molar refractivity (Wildman–Crippen MR) is 96.2 cm³/mol. The van der Waals surface area contributed by atoms with Crippen LogP contribution in [0.15, 0.2) is 48.6 Å². The zero-order valence-electron chi connectivity index (χ0n) is 12.7. The minimum Gasteiger partial charge on any atom is -0.478 e. The first-order valence-corrected chi connectivity index (χ1v) is 8.56. The molecule has 0 saturated heterocycles. The predicted octanol–water partition coefficient (Wildman–Crippen LogP) is 5.52. The number of carboxylic acid groups (broad SMARTS) is 1. The SMILES string of the molecule is O=C(O)c1ccc(Cl)c2c1[C@@H]1C=CC[C@H]1[C@H](c1ccc(Cl)cc1)N2. The summed E-state index contributed by atoms with van der Waals surface area (Å²) in [7, 11) is 0. The fourth-order valence-electron chi connectivity index (χ4n) is 3.86. The fraction of sp³-hybridized carbons (Fsp3) is 0.211. The second-order valence-corrected chi connectivity index (χ2v) is 7.06. The Labute approximate surface area is 149 Å². The van der Waals surface area contributed by atoms with Gasteiger partial charge in [-0.3, -0.25) is 0 Å². The molecule has 2 aromatic carbocycles. The summed E-state index contributed by atoms with van der Waals surface area (Å²) < 4.78 is 0. The van der Waals surface area contributed by atoms with E-state index in [1.807, 2.05) is 24.3 Å². The number of allylic oxidation sites excluding steroid dienone is 2. The van der Waals surface area contributed by atoms with Crippen molar-refractivity contribution in [2.45, 2.75) is 18.4 Å². The summed E-state index contributed by atoms with van der Waals surface area (Å²) in [5.74, 6) is -0.615. The van der Waals surface area contributed by atoms with Crippen molar-refractivity contribution in [1.29, 1.82) is 0 Å². The van der Waals surface area contributed by atoms with Crippen LogP contribution < -0.4 is 5.32 Å². The van der Waals surface area contributed by atoms with Gasteiger partial charge in [0.15, 0.2) is 0 Å². The molecule has 2 N–H and O–H groups in total. The molecule has 2 aliphatic rings. The molecule has 1 heterocycles. The number of carboxylic acids is 1. The number of nitrogens with one attached hydrogen (secondary N) is 1. The second kappa shape index (κ2) is 5.83. The highest BCUT2D eigenvalue weighted by Crippen LogP contribution is 2.52. The maximum Gasteiger partial charge on any atom is 0.336 e. The first kappa shape index (κ1) is 15.6. The van der Waals surface area contributed by atoms with Gasteiger partial charge >= 0.3 is 5.97 Å². The Kier molecular flexibility index (Phi) is 3.78. The molecule has 4 rings (SSSR count). The van der Waals surface area contributed by atoms with Crippen LogP contribution >= 0.6 is 23.2 Å². The molecule has 0 bridgehead atoms. The molecular weight excluding hydrogens is 345 g/mol. The topological polar surface area (TPSA) is 49.3 Å². The van der Waals surface area contributed by atoms with Crippen LogP contribution in [0.1, 0.15) is 39.9 Å². The molecule has 3 atom stereocenters. The molecule has 122 valence electrons. The zero-order valence-corrected chi connectivity index (χ0v) is 14.2. The first-order chi connectivity index (χ1) is 11.6. The summed E-state index contributed by atoms with van der Waals surface area (Å²) in [5, 5.41) is 14.3. The number of halogens is 2. The van der Waals surface area contributed by atoms with E-state index in [0.29, 0.717) is 15.6 Å². The van der Waals surface area contributed by atoms with Crippen molar-refractivity contribution in [3.63, 3.8) is 0 Å². The number of carbonyl (C=O) groups is 1. The Hall–Kier alpha value is -1.97. The molecule has 1 aliphatic heterocycles. The monoisotopic (exact) mass is 359 g/mol. The summed E-state index contributed by atoms with van der Waals surface area (Å²) in [6.45, 7) is 0. The van der Waals surface area contributed by atoms with Crippen LogP contribution in [0, 0.1) is 5.92 Å². The van der Waals surface area contributed by atoms with Crippen LogP contribution in [0.3, 0.4) is 0 Å². The normalized spacial score (nSPS) is 24.2. The minimum absolute atomic E-state index is 0.0479. The zero-order chi connectivity index (χ0) is 16.8. The van der Waals surface area contributed by atoms with Gasteiger partial charge < -0.3 is 10.4 Å². The molecule has 0 unspecified atom stereocenters. The molecule has 24 heavy (non-hydrogen) atoms. The Morgan fingerprint density at radius 2 is 1.88 bits per heavy atom.